The first-order valence-corrected chi connectivity index (χ1v) is 6.36. The summed E-state index contributed by atoms with van der Waals surface area (Å²) < 4.78 is 10.2. The number of carboxylic acids is 1. The summed E-state index contributed by atoms with van der Waals surface area (Å²) in [6, 6.07) is 5.99. The van der Waals surface area contributed by atoms with Crippen molar-refractivity contribution in [3.8, 4) is 5.75 Å². The van der Waals surface area contributed by atoms with Crippen LogP contribution in [-0.2, 0) is 9.53 Å². The van der Waals surface area contributed by atoms with Crippen molar-refractivity contribution in [1.82, 2.24) is 0 Å². The molecule has 0 saturated heterocycles. The molecule has 1 aliphatic carbocycles. The molecule has 0 aliphatic heterocycles. The van der Waals surface area contributed by atoms with Crippen LogP contribution in [-0.4, -0.2) is 18.2 Å². The molecule has 0 aromatic heterocycles. The molecule has 4 nitrogen and oxygen atoms in total. The van der Waals surface area contributed by atoms with E-state index < -0.39 is 5.97 Å². The second-order valence-electron chi connectivity index (χ2n) is 4.78. The van der Waals surface area contributed by atoms with Gasteiger partial charge in [0.2, 0.25) is 5.76 Å². The van der Waals surface area contributed by atoms with Gasteiger partial charge in [-0.05, 0) is 42.9 Å². The molecule has 1 saturated carbocycles. The van der Waals surface area contributed by atoms with Crippen molar-refractivity contribution >= 4 is 5.97 Å². The van der Waals surface area contributed by atoms with E-state index in [0.29, 0.717) is 11.7 Å². The summed E-state index contributed by atoms with van der Waals surface area (Å²) in [6.07, 6.45) is 4.75. The van der Waals surface area contributed by atoms with Crippen molar-refractivity contribution in [1.29, 1.82) is 0 Å². The van der Waals surface area contributed by atoms with Crippen molar-refractivity contribution in [2.45, 2.75) is 32.1 Å². The third kappa shape index (κ3) is 3.08. The van der Waals surface area contributed by atoms with Crippen molar-refractivity contribution in [2.75, 3.05) is 7.11 Å². The number of aliphatic carboxylic acids is 1. The normalized spacial score (nSPS) is 15.8. The fourth-order valence-corrected chi connectivity index (χ4v) is 2.07. The Morgan fingerprint density at radius 3 is 2.68 bits per heavy atom. The highest BCUT2D eigenvalue weighted by atomic mass is 16.5. The number of carbonyl (C=O) groups is 1. The molecule has 2 rings (SSSR count). The van der Waals surface area contributed by atoms with Crippen LogP contribution in [0.5, 0.6) is 5.75 Å². The van der Waals surface area contributed by atoms with Crippen molar-refractivity contribution in [3.63, 3.8) is 0 Å². The summed E-state index contributed by atoms with van der Waals surface area (Å²) in [7, 11) is 1.39. The van der Waals surface area contributed by atoms with Crippen molar-refractivity contribution < 1.29 is 19.4 Å². The van der Waals surface area contributed by atoms with Crippen LogP contribution in [0.1, 0.15) is 36.3 Å². The molecule has 1 fully saturated rings. The van der Waals surface area contributed by atoms with Gasteiger partial charge in [0.1, 0.15) is 12.0 Å². The maximum absolute atomic E-state index is 11.0. The van der Waals surface area contributed by atoms with E-state index in [9.17, 15) is 4.79 Å². The Bertz CT molecular complexity index is 501. The number of hydrogen-bond acceptors (Lipinski definition) is 3. The molecule has 0 amide bonds. The second kappa shape index (κ2) is 5.78. The number of hydrogen-bond donors (Lipinski definition) is 1. The Labute approximate surface area is 112 Å². The Hall–Kier alpha value is -1.97. The van der Waals surface area contributed by atoms with Gasteiger partial charge in [0.05, 0.1) is 7.11 Å². The van der Waals surface area contributed by atoms with Crippen LogP contribution < -0.4 is 4.74 Å². The number of aryl methyl sites for hydroxylation is 1. The Morgan fingerprint density at radius 2 is 2.16 bits per heavy atom. The number of benzene rings is 1. The standard InChI is InChI=1S/C15H18O4/c1-10-6-7-12(11-4-3-5-11)8-13(10)19-14(9-18-2)15(16)17/h6-9,11H,3-5H2,1-2H3,(H,16,17)/b14-9-. The van der Waals surface area contributed by atoms with Crippen LogP contribution in [0.4, 0.5) is 0 Å². The highest BCUT2D eigenvalue weighted by Gasteiger charge is 2.21. The molecule has 0 bridgehead atoms. The number of carboxylic acid groups (broad SMARTS) is 1. The van der Waals surface area contributed by atoms with Gasteiger partial charge in [-0.1, -0.05) is 18.6 Å². The Morgan fingerprint density at radius 1 is 1.42 bits per heavy atom. The first-order chi connectivity index (χ1) is 9.11. The molecule has 1 aliphatic rings. The molecule has 0 spiro atoms. The molecule has 1 aromatic rings. The zero-order chi connectivity index (χ0) is 13.8. The van der Waals surface area contributed by atoms with Crippen molar-refractivity contribution in [2.24, 2.45) is 0 Å². The Kier molecular flexibility index (Phi) is 4.10. The maximum atomic E-state index is 11.0. The molecular formula is C15H18O4. The van der Waals surface area contributed by atoms with Gasteiger partial charge >= 0.3 is 5.97 Å². The monoisotopic (exact) mass is 262 g/mol. The van der Waals surface area contributed by atoms with E-state index >= 15 is 0 Å². The molecule has 0 radical (unpaired) electrons. The summed E-state index contributed by atoms with van der Waals surface area (Å²) >= 11 is 0. The number of rotatable bonds is 5. The number of ether oxygens (including phenoxy) is 2. The van der Waals surface area contributed by atoms with Gasteiger partial charge in [0.25, 0.3) is 0 Å². The molecule has 1 aromatic carbocycles. The van der Waals surface area contributed by atoms with E-state index in [-0.39, 0.29) is 5.76 Å². The minimum Gasteiger partial charge on any atom is -0.500 e. The average molecular weight is 262 g/mol. The SMILES string of the molecule is CO/C=C(\Oc1cc(C2CCC2)ccc1C)C(=O)O. The van der Waals surface area contributed by atoms with Crippen LogP contribution in [0.25, 0.3) is 0 Å². The van der Waals surface area contributed by atoms with Gasteiger partial charge in [0, 0.05) is 0 Å². The molecular weight excluding hydrogens is 244 g/mol. The second-order valence-corrected chi connectivity index (χ2v) is 4.78. The first kappa shape index (κ1) is 13.5. The first-order valence-electron chi connectivity index (χ1n) is 6.36. The van der Waals surface area contributed by atoms with E-state index in [4.69, 9.17) is 14.6 Å². The van der Waals surface area contributed by atoms with E-state index in [1.165, 1.54) is 31.9 Å². The molecule has 4 heteroatoms. The molecule has 0 atom stereocenters. The lowest BCUT2D eigenvalue weighted by Gasteiger charge is -2.26. The minimum atomic E-state index is -1.14. The molecule has 102 valence electrons. The quantitative estimate of drug-likeness (QED) is 0.654. The third-order valence-corrected chi connectivity index (χ3v) is 3.44. The topological polar surface area (TPSA) is 55.8 Å². The maximum Gasteiger partial charge on any atom is 0.375 e. The predicted octanol–water partition coefficient (Wildman–Crippen LogP) is 3.21. The largest absolute Gasteiger partial charge is 0.500 e. The van der Waals surface area contributed by atoms with Crippen LogP contribution in [0, 0.1) is 6.92 Å². The van der Waals surface area contributed by atoms with Gasteiger partial charge in [-0.15, -0.1) is 0 Å². The summed E-state index contributed by atoms with van der Waals surface area (Å²) in [6.45, 7) is 1.89. The van der Waals surface area contributed by atoms with E-state index in [0.717, 1.165) is 11.8 Å². The lowest BCUT2D eigenvalue weighted by molar-refractivity contribution is -0.135. The summed E-state index contributed by atoms with van der Waals surface area (Å²) in [4.78, 5) is 11.0. The average Bonchev–Trinajstić information content (AvgIpc) is 2.30. The summed E-state index contributed by atoms with van der Waals surface area (Å²) in [5.41, 5.74) is 2.13. The van der Waals surface area contributed by atoms with Gasteiger partial charge in [-0.3, -0.25) is 0 Å². The van der Waals surface area contributed by atoms with Crippen LogP contribution in [0.2, 0.25) is 0 Å². The third-order valence-electron chi connectivity index (χ3n) is 3.44. The summed E-state index contributed by atoms with van der Waals surface area (Å²) in [5, 5.41) is 9.02. The van der Waals surface area contributed by atoms with E-state index in [1.807, 2.05) is 19.1 Å². The van der Waals surface area contributed by atoms with Gasteiger partial charge < -0.3 is 14.6 Å². The van der Waals surface area contributed by atoms with Crippen LogP contribution in [0.15, 0.2) is 30.2 Å². The molecule has 19 heavy (non-hydrogen) atoms. The highest BCUT2D eigenvalue weighted by Crippen LogP contribution is 2.38. The van der Waals surface area contributed by atoms with Crippen molar-refractivity contribution in [3.05, 3.63) is 41.3 Å². The zero-order valence-corrected chi connectivity index (χ0v) is 11.2. The van der Waals surface area contributed by atoms with Gasteiger partial charge in [0.15, 0.2) is 0 Å². The molecule has 0 unspecified atom stereocenters. The predicted molar refractivity (Wildman–Crippen MR) is 71.1 cm³/mol. The summed E-state index contributed by atoms with van der Waals surface area (Å²) in [5.74, 6) is -0.190. The van der Waals surface area contributed by atoms with Gasteiger partial charge in [-0.25, -0.2) is 4.79 Å². The number of methoxy groups -OCH3 is 1. The fraction of sp³-hybridized carbons (Fsp3) is 0.400. The molecule has 1 N–H and O–H groups in total. The van der Waals surface area contributed by atoms with E-state index in [1.54, 1.807) is 0 Å². The lowest BCUT2D eigenvalue weighted by Crippen LogP contribution is -2.11. The lowest BCUT2D eigenvalue weighted by atomic mass is 9.80. The minimum absolute atomic E-state index is 0.212. The highest BCUT2D eigenvalue weighted by molar-refractivity contribution is 5.84. The smallest absolute Gasteiger partial charge is 0.375 e. The zero-order valence-electron chi connectivity index (χ0n) is 11.2. The van der Waals surface area contributed by atoms with Gasteiger partial charge in [-0.2, -0.15) is 0 Å². The van der Waals surface area contributed by atoms with Crippen LogP contribution >= 0.6 is 0 Å². The fourth-order valence-electron chi connectivity index (χ4n) is 2.07. The Balaban J connectivity index is 2.22. The van der Waals surface area contributed by atoms with Crippen LogP contribution in [0.3, 0.4) is 0 Å². The molecule has 0 heterocycles. The van der Waals surface area contributed by atoms with E-state index in [2.05, 4.69) is 6.07 Å².